The fourth-order valence-corrected chi connectivity index (χ4v) is 6.51. The molecule has 0 N–H and O–H groups in total. The van der Waals surface area contributed by atoms with Gasteiger partial charge >= 0.3 is 0 Å². The first-order valence-electron chi connectivity index (χ1n) is 11.9. The lowest BCUT2D eigenvalue weighted by molar-refractivity contribution is 0.0784. The highest BCUT2D eigenvalue weighted by Gasteiger charge is 2.31. The number of benzene rings is 1. The predicted octanol–water partition coefficient (Wildman–Crippen LogP) is 3.73. The molecule has 0 radical (unpaired) electrons. The van der Waals surface area contributed by atoms with Crippen LogP contribution in [0.15, 0.2) is 27.6 Å². The van der Waals surface area contributed by atoms with E-state index >= 15 is 0 Å². The zero-order valence-corrected chi connectivity index (χ0v) is 20.7. The molecule has 33 heavy (non-hydrogen) atoms. The van der Waals surface area contributed by atoms with E-state index < -0.39 is 10.0 Å². The molecule has 2 aliphatic rings. The van der Waals surface area contributed by atoms with Gasteiger partial charge in [0.1, 0.15) is 10.7 Å². The van der Waals surface area contributed by atoms with Gasteiger partial charge < -0.3 is 14.3 Å². The summed E-state index contributed by atoms with van der Waals surface area (Å²) in [4.78, 5) is 17.3. The maximum absolute atomic E-state index is 13.7. The van der Waals surface area contributed by atoms with E-state index in [9.17, 15) is 13.2 Å². The van der Waals surface area contributed by atoms with Gasteiger partial charge in [0, 0.05) is 44.4 Å². The Labute approximate surface area is 196 Å². The highest BCUT2D eigenvalue weighted by atomic mass is 32.2. The minimum atomic E-state index is -3.69. The number of piperidine rings is 2. The van der Waals surface area contributed by atoms with Crippen LogP contribution in [0, 0.1) is 13.8 Å². The predicted molar refractivity (Wildman–Crippen MR) is 127 cm³/mol. The minimum Gasteiger partial charge on any atom is -0.370 e. The molecule has 0 bridgehead atoms. The van der Waals surface area contributed by atoms with Crippen LogP contribution in [0.1, 0.15) is 65.9 Å². The van der Waals surface area contributed by atoms with Crippen molar-refractivity contribution in [2.24, 2.45) is 0 Å². The topological polar surface area (TPSA) is 87.0 Å². The first kappa shape index (κ1) is 23.8. The number of amides is 1. The Hall–Kier alpha value is -2.39. The van der Waals surface area contributed by atoms with Crippen LogP contribution in [-0.2, 0) is 16.6 Å². The van der Waals surface area contributed by atoms with Crippen LogP contribution in [0.5, 0.6) is 0 Å². The van der Waals surface area contributed by atoms with Gasteiger partial charge in [0.2, 0.25) is 10.0 Å². The van der Waals surface area contributed by atoms with Gasteiger partial charge in [0.15, 0.2) is 0 Å². The third-order valence-electron chi connectivity index (χ3n) is 6.76. The molecule has 1 aromatic carbocycles. The van der Waals surface area contributed by atoms with Gasteiger partial charge in [-0.3, -0.25) is 4.79 Å². The van der Waals surface area contributed by atoms with E-state index in [1.54, 1.807) is 28.4 Å². The van der Waals surface area contributed by atoms with Crippen LogP contribution in [0.2, 0.25) is 0 Å². The lowest BCUT2D eigenvalue weighted by atomic mass is 10.1. The lowest BCUT2D eigenvalue weighted by Crippen LogP contribution is -2.38. The Kier molecular flexibility index (Phi) is 7.09. The third kappa shape index (κ3) is 4.94. The van der Waals surface area contributed by atoms with E-state index in [1.807, 2.05) is 19.9 Å². The molecule has 1 aromatic heterocycles. The molecule has 180 valence electrons. The summed E-state index contributed by atoms with van der Waals surface area (Å²) in [5, 5.41) is 3.96. The highest BCUT2D eigenvalue weighted by molar-refractivity contribution is 7.89. The van der Waals surface area contributed by atoms with Crippen molar-refractivity contribution >= 4 is 21.6 Å². The van der Waals surface area contributed by atoms with Gasteiger partial charge in [-0.05, 0) is 64.2 Å². The van der Waals surface area contributed by atoms with Crippen molar-refractivity contribution in [3.63, 3.8) is 0 Å². The van der Waals surface area contributed by atoms with E-state index in [-0.39, 0.29) is 10.8 Å². The summed E-state index contributed by atoms with van der Waals surface area (Å²) in [6, 6.07) is 5.16. The molecular weight excluding hydrogens is 440 g/mol. The van der Waals surface area contributed by atoms with E-state index in [0.717, 1.165) is 62.9 Å². The second-order valence-corrected chi connectivity index (χ2v) is 11.1. The van der Waals surface area contributed by atoms with E-state index in [1.165, 1.54) is 0 Å². The van der Waals surface area contributed by atoms with Crippen molar-refractivity contribution < 1.29 is 17.7 Å². The number of aryl methyl sites for hydroxylation is 2. The average Bonchev–Trinajstić information content (AvgIpc) is 3.16. The number of hydrogen-bond acceptors (Lipinski definition) is 6. The van der Waals surface area contributed by atoms with Crippen LogP contribution in [0.3, 0.4) is 0 Å². The van der Waals surface area contributed by atoms with E-state index in [2.05, 4.69) is 10.1 Å². The lowest BCUT2D eigenvalue weighted by Gasteiger charge is -2.33. The second kappa shape index (κ2) is 9.85. The number of carbonyl (C=O) groups excluding carboxylic acids is 1. The minimum absolute atomic E-state index is 0.227. The molecule has 8 nitrogen and oxygen atoms in total. The average molecular weight is 475 g/mol. The van der Waals surface area contributed by atoms with E-state index in [0.29, 0.717) is 36.6 Å². The van der Waals surface area contributed by atoms with Crippen molar-refractivity contribution in [3.8, 4) is 0 Å². The van der Waals surface area contributed by atoms with Crippen LogP contribution < -0.4 is 4.90 Å². The summed E-state index contributed by atoms with van der Waals surface area (Å²) in [6.07, 6.45) is 6.05. The Balaban J connectivity index is 1.68. The summed E-state index contributed by atoms with van der Waals surface area (Å²) in [5.74, 6) is 0.455. The summed E-state index contributed by atoms with van der Waals surface area (Å²) in [7, 11) is -1.98. The molecule has 2 aliphatic heterocycles. The maximum atomic E-state index is 13.7. The summed E-state index contributed by atoms with van der Waals surface area (Å²) in [6.45, 7) is 6.76. The van der Waals surface area contributed by atoms with Gasteiger partial charge in [-0.15, -0.1) is 0 Å². The maximum Gasteiger partial charge on any atom is 0.253 e. The molecule has 0 atom stereocenters. The number of rotatable bonds is 6. The van der Waals surface area contributed by atoms with Gasteiger partial charge in [-0.2, -0.15) is 4.31 Å². The molecule has 4 rings (SSSR count). The number of aromatic nitrogens is 1. The molecule has 2 saturated heterocycles. The van der Waals surface area contributed by atoms with Crippen molar-refractivity contribution in [1.29, 1.82) is 0 Å². The molecule has 0 spiro atoms. The first-order chi connectivity index (χ1) is 15.8. The standard InChI is InChI=1S/C24H34N4O4S/c1-18-21(19(2)32-25-18)17-26(3)24(29)20-10-11-22(27-12-6-4-7-13-27)23(16-20)33(30,31)28-14-8-5-9-15-28/h10-11,16H,4-9,12-15,17H2,1-3H3. The SMILES string of the molecule is Cc1noc(C)c1CN(C)C(=O)c1ccc(N2CCCCC2)c(S(=O)(=O)N2CCCCC2)c1. The Morgan fingerprint density at radius 1 is 1.03 bits per heavy atom. The van der Waals surface area contributed by atoms with Crippen molar-refractivity contribution in [1.82, 2.24) is 14.4 Å². The molecule has 2 fully saturated rings. The fourth-order valence-electron chi connectivity index (χ4n) is 4.75. The van der Waals surface area contributed by atoms with Crippen molar-refractivity contribution in [3.05, 3.63) is 40.8 Å². The number of sulfonamides is 1. The molecule has 1 amide bonds. The smallest absolute Gasteiger partial charge is 0.253 e. The highest BCUT2D eigenvalue weighted by Crippen LogP contribution is 2.33. The fraction of sp³-hybridized carbons (Fsp3) is 0.583. The molecule has 0 unspecified atom stereocenters. The largest absolute Gasteiger partial charge is 0.370 e. The molecule has 3 heterocycles. The van der Waals surface area contributed by atoms with Gasteiger partial charge in [-0.1, -0.05) is 11.6 Å². The Bertz CT molecular complexity index is 1080. The van der Waals surface area contributed by atoms with Crippen LogP contribution in [0.25, 0.3) is 0 Å². The zero-order chi connectivity index (χ0) is 23.6. The van der Waals surface area contributed by atoms with Crippen LogP contribution >= 0.6 is 0 Å². The van der Waals surface area contributed by atoms with Gasteiger partial charge in [-0.25, -0.2) is 8.42 Å². The van der Waals surface area contributed by atoms with Crippen molar-refractivity contribution in [2.45, 2.75) is 63.8 Å². The molecular formula is C24H34N4O4S. The van der Waals surface area contributed by atoms with Crippen LogP contribution in [0.4, 0.5) is 5.69 Å². The molecule has 0 aliphatic carbocycles. The normalized spacial score (nSPS) is 17.8. The van der Waals surface area contributed by atoms with Gasteiger partial charge in [0.05, 0.1) is 17.9 Å². The molecule has 9 heteroatoms. The Morgan fingerprint density at radius 3 is 2.27 bits per heavy atom. The summed E-state index contributed by atoms with van der Waals surface area (Å²) >= 11 is 0. The molecule has 2 aromatic rings. The third-order valence-corrected chi connectivity index (χ3v) is 8.69. The Morgan fingerprint density at radius 2 is 1.67 bits per heavy atom. The number of anilines is 1. The zero-order valence-electron chi connectivity index (χ0n) is 19.8. The second-order valence-electron chi connectivity index (χ2n) is 9.16. The quantitative estimate of drug-likeness (QED) is 0.634. The monoisotopic (exact) mass is 474 g/mol. The van der Waals surface area contributed by atoms with E-state index in [4.69, 9.17) is 4.52 Å². The van der Waals surface area contributed by atoms with Crippen LogP contribution in [-0.4, -0.2) is 61.9 Å². The first-order valence-corrected chi connectivity index (χ1v) is 13.3. The number of hydrogen-bond donors (Lipinski definition) is 0. The number of nitrogens with zero attached hydrogens (tertiary/aromatic N) is 4. The molecule has 0 saturated carbocycles. The summed E-state index contributed by atoms with van der Waals surface area (Å²) < 4.78 is 34.2. The number of carbonyl (C=O) groups is 1. The van der Waals surface area contributed by atoms with Gasteiger partial charge in [0.25, 0.3) is 5.91 Å². The van der Waals surface area contributed by atoms with Crippen molar-refractivity contribution in [2.75, 3.05) is 38.1 Å². The summed E-state index contributed by atoms with van der Waals surface area (Å²) in [5.41, 5.74) is 2.71.